The Labute approximate surface area is 210 Å². The number of methoxy groups -OCH3 is 3. The second kappa shape index (κ2) is 10.9. The summed E-state index contributed by atoms with van der Waals surface area (Å²) < 4.78 is 16.3. The first-order valence-electron chi connectivity index (χ1n) is 11.3. The SMILES string of the molecule is COc1cc(-c2cc(CC(=O)Nc3cc(C(C)C)c(O)cc3C)nc(N)c2C#N)cc(OC)c1OC. The zero-order valence-electron chi connectivity index (χ0n) is 21.2. The Hall–Kier alpha value is -4.45. The van der Waals surface area contributed by atoms with Crippen LogP contribution in [0.2, 0.25) is 0 Å². The first-order valence-corrected chi connectivity index (χ1v) is 11.3. The molecule has 0 fully saturated rings. The van der Waals surface area contributed by atoms with Gasteiger partial charge in [-0.05, 0) is 59.9 Å². The van der Waals surface area contributed by atoms with Crippen LogP contribution in [0.5, 0.6) is 23.0 Å². The highest BCUT2D eigenvalue weighted by Gasteiger charge is 2.20. The number of phenolic OH excluding ortho intramolecular Hbond substituents is 1. The molecule has 1 aromatic heterocycles. The number of aryl methyl sites for hydroxylation is 1. The third-order valence-corrected chi connectivity index (χ3v) is 5.80. The predicted octanol–water partition coefficient (Wildman–Crippen LogP) is 4.55. The van der Waals surface area contributed by atoms with E-state index in [1.54, 1.807) is 37.3 Å². The monoisotopic (exact) mass is 490 g/mol. The van der Waals surface area contributed by atoms with Crippen molar-refractivity contribution in [2.75, 3.05) is 32.4 Å². The van der Waals surface area contributed by atoms with Crippen LogP contribution in [-0.2, 0) is 11.2 Å². The molecule has 1 amide bonds. The summed E-state index contributed by atoms with van der Waals surface area (Å²) in [6.45, 7) is 5.73. The average molecular weight is 491 g/mol. The lowest BCUT2D eigenvalue weighted by Gasteiger charge is -2.16. The Morgan fingerprint density at radius 1 is 1.11 bits per heavy atom. The van der Waals surface area contributed by atoms with Gasteiger partial charge in [-0.1, -0.05) is 13.8 Å². The number of nitrogen functional groups attached to an aromatic ring is 1. The Morgan fingerprint density at radius 2 is 1.75 bits per heavy atom. The fourth-order valence-corrected chi connectivity index (χ4v) is 3.96. The number of nitrogens with zero attached hydrogens (tertiary/aromatic N) is 2. The van der Waals surface area contributed by atoms with Gasteiger partial charge in [0.1, 0.15) is 23.2 Å². The van der Waals surface area contributed by atoms with E-state index in [0.717, 1.165) is 11.1 Å². The van der Waals surface area contributed by atoms with Crippen LogP contribution >= 0.6 is 0 Å². The van der Waals surface area contributed by atoms with E-state index in [1.807, 2.05) is 13.8 Å². The Morgan fingerprint density at radius 3 is 2.28 bits per heavy atom. The maximum absolute atomic E-state index is 12.9. The van der Waals surface area contributed by atoms with Crippen LogP contribution in [0.25, 0.3) is 11.1 Å². The van der Waals surface area contributed by atoms with Crippen molar-refractivity contribution in [1.82, 2.24) is 4.98 Å². The number of anilines is 2. The summed E-state index contributed by atoms with van der Waals surface area (Å²) in [7, 11) is 4.50. The molecule has 9 nitrogen and oxygen atoms in total. The van der Waals surface area contributed by atoms with Gasteiger partial charge >= 0.3 is 0 Å². The van der Waals surface area contributed by atoms with Crippen LogP contribution in [0, 0.1) is 18.3 Å². The van der Waals surface area contributed by atoms with E-state index < -0.39 is 0 Å². The number of hydrogen-bond donors (Lipinski definition) is 3. The first kappa shape index (κ1) is 26.2. The number of nitrogens with two attached hydrogens (primary N) is 1. The average Bonchev–Trinajstić information content (AvgIpc) is 2.84. The van der Waals surface area contributed by atoms with Gasteiger partial charge in [-0.2, -0.15) is 5.26 Å². The minimum Gasteiger partial charge on any atom is -0.508 e. The van der Waals surface area contributed by atoms with Crippen LogP contribution in [0.3, 0.4) is 0 Å². The summed E-state index contributed by atoms with van der Waals surface area (Å²) in [4.78, 5) is 17.2. The van der Waals surface area contributed by atoms with Crippen molar-refractivity contribution in [3.8, 4) is 40.2 Å². The number of amides is 1. The second-order valence-corrected chi connectivity index (χ2v) is 8.55. The highest BCUT2D eigenvalue weighted by atomic mass is 16.5. The molecular weight excluding hydrogens is 460 g/mol. The molecule has 0 aliphatic carbocycles. The fraction of sp³-hybridized carbons (Fsp3) is 0.296. The van der Waals surface area contributed by atoms with Crippen molar-refractivity contribution >= 4 is 17.4 Å². The van der Waals surface area contributed by atoms with Gasteiger partial charge in [0, 0.05) is 11.3 Å². The summed E-state index contributed by atoms with van der Waals surface area (Å²) >= 11 is 0. The summed E-state index contributed by atoms with van der Waals surface area (Å²) in [5.74, 6) is 1.21. The van der Waals surface area contributed by atoms with E-state index in [9.17, 15) is 15.2 Å². The molecule has 1 heterocycles. The number of benzene rings is 2. The van der Waals surface area contributed by atoms with Crippen molar-refractivity contribution in [3.63, 3.8) is 0 Å². The van der Waals surface area contributed by atoms with Gasteiger partial charge in [0.15, 0.2) is 11.5 Å². The quantitative estimate of drug-likeness (QED) is 0.391. The van der Waals surface area contributed by atoms with Crippen molar-refractivity contribution in [2.45, 2.75) is 33.1 Å². The highest BCUT2D eigenvalue weighted by Crippen LogP contribution is 2.42. The lowest BCUT2D eigenvalue weighted by atomic mass is 9.98. The summed E-state index contributed by atoms with van der Waals surface area (Å²) in [5.41, 5.74) is 9.81. The van der Waals surface area contributed by atoms with Crippen molar-refractivity contribution < 1.29 is 24.1 Å². The molecule has 0 atom stereocenters. The van der Waals surface area contributed by atoms with Crippen LogP contribution in [0.1, 0.15) is 42.1 Å². The highest BCUT2D eigenvalue weighted by molar-refractivity contribution is 5.93. The van der Waals surface area contributed by atoms with E-state index in [0.29, 0.717) is 39.8 Å². The zero-order valence-corrected chi connectivity index (χ0v) is 21.2. The van der Waals surface area contributed by atoms with Gasteiger partial charge in [-0.15, -0.1) is 0 Å². The molecule has 4 N–H and O–H groups in total. The number of pyridine rings is 1. The molecule has 0 aliphatic heterocycles. The van der Waals surface area contributed by atoms with Crippen LogP contribution in [0.15, 0.2) is 30.3 Å². The van der Waals surface area contributed by atoms with E-state index >= 15 is 0 Å². The smallest absolute Gasteiger partial charge is 0.230 e. The summed E-state index contributed by atoms with van der Waals surface area (Å²) in [6, 6.07) is 10.6. The number of aromatic hydroxyl groups is 1. The minimum atomic E-state index is -0.314. The minimum absolute atomic E-state index is 0.00876. The van der Waals surface area contributed by atoms with Crippen LogP contribution < -0.4 is 25.3 Å². The molecule has 0 spiro atoms. The number of aromatic nitrogens is 1. The number of nitrogens with one attached hydrogen (secondary N) is 1. The molecule has 0 saturated heterocycles. The van der Waals surface area contributed by atoms with Gasteiger partial charge in [0.25, 0.3) is 0 Å². The maximum atomic E-state index is 12.9. The number of hydrogen-bond acceptors (Lipinski definition) is 8. The molecule has 3 aromatic rings. The Bertz CT molecular complexity index is 1320. The number of phenols is 1. The molecule has 0 bridgehead atoms. The van der Waals surface area contributed by atoms with Gasteiger partial charge in [-0.3, -0.25) is 4.79 Å². The lowest BCUT2D eigenvalue weighted by molar-refractivity contribution is -0.115. The molecule has 9 heteroatoms. The van der Waals surface area contributed by atoms with Crippen molar-refractivity contribution in [1.29, 1.82) is 5.26 Å². The third-order valence-electron chi connectivity index (χ3n) is 5.80. The predicted molar refractivity (Wildman–Crippen MR) is 138 cm³/mol. The fourth-order valence-electron chi connectivity index (χ4n) is 3.96. The number of carbonyl (C=O) groups excluding carboxylic acids is 1. The van der Waals surface area contributed by atoms with Gasteiger partial charge < -0.3 is 30.4 Å². The third kappa shape index (κ3) is 5.28. The molecule has 0 unspecified atom stereocenters. The molecule has 0 saturated carbocycles. The van der Waals surface area contributed by atoms with Crippen molar-refractivity contribution in [3.05, 3.63) is 52.7 Å². The molecular formula is C27H30N4O5. The molecule has 188 valence electrons. The summed E-state index contributed by atoms with van der Waals surface area (Å²) in [6.07, 6.45) is -0.0787. The largest absolute Gasteiger partial charge is 0.508 e. The number of nitriles is 1. The van der Waals surface area contributed by atoms with Gasteiger partial charge in [-0.25, -0.2) is 4.98 Å². The Balaban J connectivity index is 2.00. The summed E-state index contributed by atoms with van der Waals surface area (Å²) in [5, 5.41) is 22.8. The topological polar surface area (TPSA) is 140 Å². The van der Waals surface area contributed by atoms with Crippen molar-refractivity contribution in [2.24, 2.45) is 0 Å². The van der Waals surface area contributed by atoms with E-state index in [2.05, 4.69) is 16.4 Å². The van der Waals surface area contributed by atoms with Gasteiger partial charge in [0.2, 0.25) is 11.7 Å². The first-order chi connectivity index (χ1) is 17.1. The van der Waals surface area contributed by atoms with Crippen LogP contribution in [-0.4, -0.2) is 37.3 Å². The molecule has 0 aliphatic rings. The number of carbonyl (C=O) groups is 1. The lowest BCUT2D eigenvalue weighted by Crippen LogP contribution is -2.17. The number of rotatable bonds is 8. The van der Waals surface area contributed by atoms with E-state index in [4.69, 9.17) is 19.9 Å². The maximum Gasteiger partial charge on any atom is 0.230 e. The second-order valence-electron chi connectivity index (χ2n) is 8.55. The van der Waals surface area contributed by atoms with Crippen LogP contribution in [0.4, 0.5) is 11.5 Å². The zero-order chi connectivity index (χ0) is 26.6. The normalized spacial score (nSPS) is 10.6. The molecule has 0 radical (unpaired) electrons. The van der Waals surface area contributed by atoms with Gasteiger partial charge in [0.05, 0.1) is 33.4 Å². The Kier molecular flexibility index (Phi) is 7.90. The number of ether oxygens (including phenoxy) is 3. The molecule has 36 heavy (non-hydrogen) atoms. The standard InChI is InChI=1S/C27H30N4O5/c1-14(2)18-12-21(15(3)7-22(18)32)31-25(33)11-17-10-19(20(13-28)27(29)30-17)16-8-23(34-4)26(36-6)24(9-16)35-5/h7-10,12,14,32H,11H2,1-6H3,(H2,29,30)(H,31,33). The molecule has 2 aromatic carbocycles. The molecule has 3 rings (SSSR count). The van der Waals surface area contributed by atoms with E-state index in [1.165, 1.54) is 21.3 Å². The van der Waals surface area contributed by atoms with E-state index in [-0.39, 0.29) is 35.4 Å².